The Balaban J connectivity index is 1.55. The number of piperidine rings is 1. The first-order valence-electron chi connectivity index (χ1n) is 12.3. The van der Waals surface area contributed by atoms with Crippen molar-refractivity contribution in [2.75, 3.05) is 32.8 Å². The van der Waals surface area contributed by atoms with E-state index < -0.39 is 11.7 Å². The van der Waals surface area contributed by atoms with Crippen molar-refractivity contribution in [1.29, 1.82) is 0 Å². The molecule has 2 rings (SSSR count). The van der Waals surface area contributed by atoms with E-state index in [2.05, 4.69) is 10.6 Å². The van der Waals surface area contributed by atoms with Gasteiger partial charge in [-0.15, -0.1) is 0 Å². The van der Waals surface area contributed by atoms with Gasteiger partial charge < -0.3 is 25.0 Å². The van der Waals surface area contributed by atoms with Gasteiger partial charge in [0, 0.05) is 39.0 Å². The molecule has 1 aromatic carbocycles. The summed E-state index contributed by atoms with van der Waals surface area (Å²) in [5, 5.41) is 5.65. The average molecular weight is 476 g/mol. The molecule has 1 saturated heterocycles. The van der Waals surface area contributed by atoms with Crippen molar-refractivity contribution in [3.63, 3.8) is 0 Å². The molecule has 0 radical (unpaired) electrons. The summed E-state index contributed by atoms with van der Waals surface area (Å²) in [4.78, 5) is 38.1. The summed E-state index contributed by atoms with van der Waals surface area (Å²) in [6, 6.07) is 6.05. The number of hydrogen-bond acceptors (Lipinski definition) is 5. The van der Waals surface area contributed by atoms with Crippen LogP contribution >= 0.6 is 0 Å². The fourth-order valence-corrected chi connectivity index (χ4v) is 3.91. The van der Waals surface area contributed by atoms with Crippen molar-refractivity contribution in [3.8, 4) is 5.75 Å². The number of alkyl carbamates (subject to hydrolysis) is 1. The molecule has 1 aliphatic rings. The van der Waals surface area contributed by atoms with Crippen molar-refractivity contribution < 1.29 is 23.9 Å². The lowest BCUT2D eigenvalue weighted by atomic mass is 9.96. The number of para-hydroxylation sites is 1. The minimum atomic E-state index is -0.556. The first-order chi connectivity index (χ1) is 16.0. The van der Waals surface area contributed by atoms with Gasteiger partial charge in [-0.3, -0.25) is 9.59 Å². The van der Waals surface area contributed by atoms with Crippen LogP contribution in [-0.4, -0.2) is 61.2 Å². The molecule has 0 bridgehead atoms. The Hall–Kier alpha value is -2.77. The van der Waals surface area contributed by atoms with Gasteiger partial charge in [0.25, 0.3) is 0 Å². The smallest absolute Gasteiger partial charge is 0.407 e. The number of aryl methyl sites for hydroxylation is 2. The van der Waals surface area contributed by atoms with Crippen LogP contribution in [0, 0.1) is 19.8 Å². The Morgan fingerprint density at radius 2 is 1.68 bits per heavy atom. The summed E-state index contributed by atoms with van der Waals surface area (Å²) in [5.41, 5.74) is 1.65. The van der Waals surface area contributed by atoms with Gasteiger partial charge in [0.15, 0.2) is 0 Å². The largest absolute Gasteiger partial charge is 0.493 e. The lowest BCUT2D eigenvalue weighted by molar-refractivity contribution is -0.132. The normalized spacial score (nSPS) is 14.4. The monoisotopic (exact) mass is 475 g/mol. The number of ether oxygens (including phenoxy) is 2. The van der Waals surface area contributed by atoms with Crippen molar-refractivity contribution in [2.45, 2.75) is 72.3 Å². The Morgan fingerprint density at radius 3 is 2.29 bits per heavy atom. The fourth-order valence-electron chi connectivity index (χ4n) is 3.91. The molecule has 8 nitrogen and oxygen atoms in total. The van der Waals surface area contributed by atoms with Crippen LogP contribution in [0.5, 0.6) is 5.75 Å². The predicted molar refractivity (Wildman–Crippen MR) is 132 cm³/mol. The van der Waals surface area contributed by atoms with E-state index in [0.717, 1.165) is 29.7 Å². The van der Waals surface area contributed by atoms with Gasteiger partial charge in [-0.1, -0.05) is 18.2 Å². The Morgan fingerprint density at radius 1 is 1.03 bits per heavy atom. The van der Waals surface area contributed by atoms with E-state index in [9.17, 15) is 14.4 Å². The minimum absolute atomic E-state index is 0.0300. The summed E-state index contributed by atoms with van der Waals surface area (Å²) in [7, 11) is 0. The van der Waals surface area contributed by atoms with Gasteiger partial charge in [-0.05, 0) is 70.9 Å². The zero-order chi connectivity index (χ0) is 25.1. The summed E-state index contributed by atoms with van der Waals surface area (Å²) in [5.74, 6) is 1.35. The maximum Gasteiger partial charge on any atom is 0.407 e. The molecule has 1 aromatic rings. The molecule has 0 aliphatic carbocycles. The molecule has 2 N–H and O–H groups in total. The molecule has 3 amide bonds. The number of nitrogens with one attached hydrogen (secondary N) is 2. The van der Waals surface area contributed by atoms with Gasteiger partial charge in [-0.2, -0.15) is 0 Å². The highest BCUT2D eigenvalue weighted by atomic mass is 16.6. The second-order valence-corrected chi connectivity index (χ2v) is 9.98. The van der Waals surface area contributed by atoms with Crippen LogP contribution in [0.25, 0.3) is 0 Å². The number of likely N-dealkylation sites (tertiary alicyclic amines) is 1. The van der Waals surface area contributed by atoms with E-state index in [-0.39, 0.29) is 24.8 Å². The van der Waals surface area contributed by atoms with Crippen LogP contribution in [0.15, 0.2) is 18.2 Å². The molecular formula is C26H41N3O5. The van der Waals surface area contributed by atoms with Gasteiger partial charge in [0.1, 0.15) is 11.4 Å². The third-order valence-electron chi connectivity index (χ3n) is 5.77. The predicted octanol–water partition coefficient (Wildman–Crippen LogP) is 3.73. The molecule has 0 atom stereocenters. The van der Waals surface area contributed by atoms with E-state index in [1.54, 1.807) is 20.8 Å². The topological polar surface area (TPSA) is 97.0 Å². The third-order valence-corrected chi connectivity index (χ3v) is 5.77. The van der Waals surface area contributed by atoms with Gasteiger partial charge in [0.2, 0.25) is 11.8 Å². The first-order valence-corrected chi connectivity index (χ1v) is 12.3. The molecule has 34 heavy (non-hydrogen) atoms. The molecule has 190 valence electrons. The van der Waals surface area contributed by atoms with Crippen LogP contribution in [0.1, 0.15) is 64.0 Å². The van der Waals surface area contributed by atoms with Crippen molar-refractivity contribution in [3.05, 3.63) is 29.3 Å². The average Bonchev–Trinajstić information content (AvgIpc) is 2.76. The molecule has 0 unspecified atom stereocenters. The number of carbonyl (C=O) groups is 3. The number of benzene rings is 1. The van der Waals surface area contributed by atoms with E-state index in [1.807, 2.05) is 36.9 Å². The summed E-state index contributed by atoms with van der Waals surface area (Å²) >= 11 is 0. The lowest BCUT2D eigenvalue weighted by Crippen LogP contribution is -2.42. The highest BCUT2D eigenvalue weighted by molar-refractivity contribution is 5.77. The van der Waals surface area contributed by atoms with Gasteiger partial charge in [-0.25, -0.2) is 4.79 Å². The van der Waals surface area contributed by atoms with Crippen LogP contribution in [0.4, 0.5) is 4.79 Å². The Kier molecular flexibility index (Phi) is 10.7. The van der Waals surface area contributed by atoms with Gasteiger partial charge >= 0.3 is 6.09 Å². The second kappa shape index (κ2) is 13.2. The zero-order valence-electron chi connectivity index (χ0n) is 21.4. The highest BCUT2D eigenvalue weighted by Crippen LogP contribution is 2.22. The van der Waals surface area contributed by atoms with Crippen molar-refractivity contribution in [1.82, 2.24) is 15.5 Å². The number of amides is 3. The maximum absolute atomic E-state index is 12.4. The van der Waals surface area contributed by atoms with Crippen molar-refractivity contribution in [2.24, 2.45) is 5.92 Å². The molecule has 8 heteroatoms. The summed E-state index contributed by atoms with van der Waals surface area (Å²) in [6.45, 7) is 12.2. The molecule has 0 spiro atoms. The summed E-state index contributed by atoms with van der Waals surface area (Å²) < 4.78 is 11.0. The maximum atomic E-state index is 12.4. The first kappa shape index (κ1) is 27.5. The van der Waals surface area contributed by atoms with Gasteiger partial charge in [0.05, 0.1) is 6.61 Å². The molecule has 1 aliphatic heterocycles. The van der Waals surface area contributed by atoms with E-state index in [0.29, 0.717) is 45.0 Å². The van der Waals surface area contributed by atoms with E-state index in [4.69, 9.17) is 9.47 Å². The number of carbonyl (C=O) groups excluding carboxylic acids is 3. The zero-order valence-corrected chi connectivity index (χ0v) is 21.4. The Labute approximate surface area is 203 Å². The molecule has 1 fully saturated rings. The fraction of sp³-hybridized carbons (Fsp3) is 0.654. The van der Waals surface area contributed by atoms with Crippen LogP contribution in [-0.2, 0) is 14.3 Å². The lowest BCUT2D eigenvalue weighted by Gasteiger charge is -2.32. The number of rotatable bonds is 10. The van der Waals surface area contributed by atoms with E-state index in [1.165, 1.54) is 0 Å². The number of nitrogens with zero attached hydrogens (tertiary/aromatic N) is 1. The second-order valence-electron chi connectivity index (χ2n) is 9.98. The quantitative estimate of drug-likeness (QED) is 0.503. The van der Waals surface area contributed by atoms with Crippen molar-refractivity contribution >= 4 is 17.9 Å². The standard InChI is InChI=1S/C26H41N3O5/c1-19-8-6-9-20(2)24(19)33-17-7-10-22(30)28-18-21-12-15-29(16-13-21)23(31)11-14-27-25(32)34-26(3,4)5/h6,8-9,21H,7,10-18H2,1-5H3,(H,27,32)(H,28,30). The molecule has 1 heterocycles. The molecular weight excluding hydrogens is 434 g/mol. The number of hydrogen-bond donors (Lipinski definition) is 2. The Bertz CT molecular complexity index is 806. The molecule has 0 aromatic heterocycles. The van der Waals surface area contributed by atoms with Crippen LogP contribution in [0.2, 0.25) is 0 Å². The van der Waals surface area contributed by atoms with E-state index >= 15 is 0 Å². The highest BCUT2D eigenvalue weighted by Gasteiger charge is 2.23. The summed E-state index contributed by atoms with van der Waals surface area (Å²) in [6.07, 6.45) is 2.58. The van der Waals surface area contributed by atoms with Crippen LogP contribution in [0.3, 0.4) is 0 Å². The minimum Gasteiger partial charge on any atom is -0.493 e. The SMILES string of the molecule is Cc1cccc(C)c1OCCCC(=O)NCC1CCN(C(=O)CCNC(=O)OC(C)(C)C)CC1. The third kappa shape index (κ3) is 10.0. The molecule has 0 saturated carbocycles. The van der Waals surface area contributed by atoms with Crippen LogP contribution < -0.4 is 15.4 Å².